The minimum Gasteiger partial charge on any atom is -0.466 e. The molecular formula is C17H20N2O2. The van der Waals surface area contributed by atoms with Gasteiger partial charge in [-0.15, -0.1) is 0 Å². The third kappa shape index (κ3) is 3.15. The third-order valence-electron chi connectivity index (χ3n) is 3.93. The molecule has 1 aliphatic carbocycles. The van der Waals surface area contributed by atoms with Crippen molar-refractivity contribution in [3.8, 4) is 0 Å². The fraction of sp³-hybridized carbons (Fsp3) is 0.412. The van der Waals surface area contributed by atoms with E-state index >= 15 is 0 Å². The molecule has 0 bridgehead atoms. The minimum absolute atomic E-state index is 0.00757. The summed E-state index contributed by atoms with van der Waals surface area (Å²) in [6.45, 7) is 3.08. The van der Waals surface area contributed by atoms with Gasteiger partial charge in [0.1, 0.15) is 0 Å². The molecule has 0 aliphatic heterocycles. The molecular weight excluding hydrogens is 264 g/mol. The van der Waals surface area contributed by atoms with Crippen LogP contribution in [0.4, 0.5) is 0 Å². The summed E-state index contributed by atoms with van der Waals surface area (Å²) < 4.78 is 7.11. The van der Waals surface area contributed by atoms with Crippen molar-refractivity contribution in [1.29, 1.82) is 0 Å². The molecule has 1 atom stereocenters. The highest BCUT2D eigenvalue weighted by Gasteiger charge is 2.27. The van der Waals surface area contributed by atoms with Crippen molar-refractivity contribution in [3.63, 3.8) is 0 Å². The second-order valence-electron chi connectivity index (χ2n) is 5.48. The highest BCUT2D eigenvalue weighted by molar-refractivity contribution is 5.73. The maximum atomic E-state index is 11.9. The van der Waals surface area contributed by atoms with Crippen LogP contribution in [0.3, 0.4) is 0 Å². The van der Waals surface area contributed by atoms with Crippen molar-refractivity contribution in [2.24, 2.45) is 5.92 Å². The van der Waals surface area contributed by atoms with Crippen LogP contribution in [0.2, 0.25) is 0 Å². The lowest BCUT2D eigenvalue weighted by atomic mass is 9.88. The summed E-state index contributed by atoms with van der Waals surface area (Å²) in [5.41, 5.74) is 3.56. The molecule has 0 amide bonds. The largest absolute Gasteiger partial charge is 0.466 e. The van der Waals surface area contributed by atoms with E-state index in [2.05, 4.69) is 23.4 Å². The minimum atomic E-state index is -0.0704. The zero-order valence-electron chi connectivity index (χ0n) is 12.3. The summed E-state index contributed by atoms with van der Waals surface area (Å²) in [7, 11) is 0. The van der Waals surface area contributed by atoms with E-state index in [4.69, 9.17) is 4.74 Å². The molecule has 1 heterocycles. The number of hydrogen-bond acceptors (Lipinski definition) is 3. The maximum absolute atomic E-state index is 11.9. The van der Waals surface area contributed by atoms with Gasteiger partial charge in [0.2, 0.25) is 0 Å². The van der Waals surface area contributed by atoms with Crippen molar-refractivity contribution in [3.05, 3.63) is 53.3 Å². The molecule has 21 heavy (non-hydrogen) atoms. The summed E-state index contributed by atoms with van der Waals surface area (Å²) in [5.74, 6) is -0.0780. The fourth-order valence-electron chi connectivity index (χ4n) is 2.87. The Labute approximate surface area is 124 Å². The predicted molar refractivity (Wildman–Crippen MR) is 79.9 cm³/mol. The van der Waals surface area contributed by atoms with Crippen LogP contribution in [0.1, 0.15) is 30.2 Å². The quantitative estimate of drug-likeness (QED) is 0.811. The summed E-state index contributed by atoms with van der Waals surface area (Å²) in [4.78, 5) is 11.9. The van der Waals surface area contributed by atoms with Crippen LogP contribution in [-0.4, -0.2) is 22.4 Å². The highest BCUT2D eigenvalue weighted by atomic mass is 16.5. The van der Waals surface area contributed by atoms with E-state index in [9.17, 15) is 4.79 Å². The second kappa shape index (κ2) is 6.12. The molecule has 0 fully saturated rings. The van der Waals surface area contributed by atoms with Crippen LogP contribution < -0.4 is 0 Å². The Balaban J connectivity index is 1.71. The van der Waals surface area contributed by atoms with Crippen LogP contribution in [-0.2, 0) is 28.9 Å². The van der Waals surface area contributed by atoms with Crippen LogP contribution >= 0.6 is 0 Å². The number of fused-ring (bicyclic) bond motifs is 1. The van der Waals surface area contributed by atoms with E-state index in [1.807, 2.05) is 29.8 Å². The zero-order chi connectivity index (χ0) is 14.7. The van der Waals surface area contributed by atoms with Gasteiger partial charge in [0.15, 0.2) is 0 Å². The number of ether oxygens (including phenoxy) is 1. The van der Waals surface area contributed by atoms with Gasteiger partial charge in [-0.25, -0.2) is 0 Å². The zero-order valence-corrected chi connectivity index (χ0v) is 12.3. The Bertz CT molecular complexity index is 619. The number of esters is 1. The van der Waals surface area contributed by atoms with Gasteiger partial charge in [-0.05, 0) is 37.3 Å². The molecule has 3 rings (SSSR count). The van der Waals surface area contributed by atoms with E-state index in [0.717, 1.165) is 31.5 Å². The van der Waals surface area contributed by atoms with Gasteiger partial charge in [0.05, 0.1) is 24.8 Å². The van der Waals surface area contributed by atoms with Crippen molar-refractivity contribution >= 4 is 5.97 Å². The molecule has 0 radical (unpaired) electrons. The van der Waals surface area contributed by atoms with E-state index in [-0.39, 0.29) is 11.9 Å². The second-order valence-corrected chi connectivity index (χ2v) is 5.48. The molecule has 4 nitrogen and oxygen atoms in total. The summed E-state index contributed by atoms with van der Waals surface area (Å²) in [6.07, 6.45) is 4.53. The Morgan fingerprint density at radius 2 is 2.19 bits per heavy atom. The van der Waals surface area contributed by atoms with Crippen molar-refractivity contribution in [2.75, 3.05) is 6.61 Å². The maximum Gasteiger partial charge on any atom is 0.309 e. The van der Waals surface area contributed by atoms with E-state index < -0.39 is 0 Å². The van der Waals surface area contributed by atoms with Crippen molar-refractivity contribution < 1.29 is 9.53 Å². The van der Waals surface area contributed by atoms with Crippen LogP contribution in [0.15, 0.2) is 36.5 Å². The standard InChI is InChI=1S/C17H20N2O2/c1-2-21-17(20)14-8-9-16-15(10-14)12-19(18-16)11-13-6-4-3-5-7-13/h3-7,12,14H,2,8-11H2,1H3/t14-/m1/s1. The van der Waals surface area contributed by atoms with Crippen LogP contribution in [0.5, 0.6) is 0 Å². The first kappa shape index (κ1) is 13.9. The highest BCUT2D eigenvalue weighted by Crippen LogP contribution is 2.25. The van der Waals surface area contributed by atoms with Crippen molar-refractivity contribution in [1.82, 2.24) is 9.78 Å². The number of hydrogen-bond donors (Lipinski definition) is 0. The van der Waals surface area contributed by atoms with Crippen molar-refractivity contribution in [2.45, 2.75) is 32.7 Å². The van der Waals surface area contributed by atoms with Crippen LogP contribution in [0, 0.1) is 5.92 Å². The molecule has 2 aromatic rings. The van der Waals surface area contributed by atoms with Gasteiger partial charge in [-0.1, -0.05) is 30.3 Å². The molecule has 110 valence electrons. The first-order chi connectivity index (χ1) is 10.3. The van der Waals surface area contributed by atoms with Gasteiger partial charge >= 0.3 is 5.97 Å². The molecule has 0 spiro atoms. The molecule has 4 heteroatoms. The van der Waals surface area contributed by atoms with Gasteiger partial charge in [-0.2, -0.15) is 5.10 Å². The summed E-state index contributed by atoms with van der Waals surface area (Å²) in [5, 5.41) is 4.65. The van der Waals surface area contributed by atoms with E-state index in [0.29, 0.717) is 6.61 Å². The van der Waals surface area contributed by atoms with E-state index in [1.54, 1.807) is 0 Å². The Kier molecular flexibility index (Phi) is 4.04. The monoisotopic (exact) mass is 284 g/mol. The lowest BCUT2D eigenvalue weighted by Gasteiger charge is -2.19. The fourth-order valence-corrected chi connectivity index (χ4v) is 2.87. The molecule has 0 saturated heterocycles. The number of rotatable bonds is 4. The Morgan fingerprint density at radius 1 is 1.38 bits per heavy atom. The summed E-state index contributed by atoms with van der Waals surface area (Å²) in [6, 6.07) is 10.3. The lowest BCUT2D eigenvalue weighted by Crippen LogP contribution is -2.24. The summed E-state index contributed by atoms with van der Waals surface area (Å²) >= 11 is 0. The Morgan fingerprint density at radius 3 is 2.95 bits per heavy atom. The molecule has 0 saturated carbocycles. The first-order valence-corrected chi connectivity index (χ1v) is 7.52. The first-order valence-electron chi connectivity index (χ1n) is 7.52. The number of aryl methyl sites for hydroxylation is 1. The molecule has 1 aliphatic rings. The predicted octanol–water partition coefficient (Wildman–Crippen LogP) is 2.60. The van der Waals surface area contributed by atoms with Gasteiger partial charge in [0.25, 0.3) is 0 Å². The topological polar surface area (TPSA) is 44.1 Å². The van der Waals surface area contributed by atoms with Gasteiger partial charge < -0.3 is 4.74 Å². The average Bonchev–Trinajstić information content (AvgIpc) is 2.89. The molecule has 0 N–H and O–H groups in total. The van der Waals surface area contributed by atoms with Gasteiger partial charge in [0, 0.05) is 6.20 Å². The average molecular weight is 284 g/mol. The van der Waals surface area contributed by atoms with Crippen LogP contribution in [0.25, 0.3) is 0 Å². The molecule has 1 aromatic carbocycles. The lowest BCUT2D eigenvalue weighted by molar-refractivity contribution is -0.148. The van der Waals surface area contributed by atoms with Gasteiger partial charge in [-0.3, -0.25) is 9.48 Å². The number of benzene rings is 1. The van der Waals surface area contributed by atoms with E-state index in [1.165, 1.54) is 11.1 Å². The molecule has 1 aromatic heterocycles. The smallest absolute Gasteiger partial charge is 0.309 e. The number of nitrogens with zero attached hydrogens (tertiary/aromatic N) is 2. The Hall–Kier alpha value is -2.10. The molecule has 0 unspecified atom stereocenters. The normalized spacial score (nSPS) is 17.3. The number of carbonyl (C=O) groups is 1. The third-order valence-corrected chi connectivity index (χ3v) is 3.93. The number of aromatic nitrogens is 2. The SMILES string of the molecule is CCOC(=O)[C@@H]1CCc2nn(Cc3ccccc3)cc2C1. The number of carbonyl (C=O) groups excluding carboxylic acids is 1.